The van der Waals surface area contributed by atoms with Gasteiger partial charge in [-0.3, -0.25) is 0 Å². The van der Waals surface area contributed by atoms with Crippen LogP contribution < -0.4 is 0 Å². The summed E-state index contributed by atoms with van der Waals surface area (Å²) in [5.74, 6) is 0.956. The van der Waals surface area contributed by atoms with Gasteiger partial charge in [0.25, 0.3) is 0 Å². The summed E-state index contributed by atoms with van der Waals surface area (Å²) in [6.07, 6.45) is 8.77. The minimum absolute atomic E-state index is 0.471. The Bertz CT molecular complexity index is 281. The van der Waals surface area contributed by atoms with Gasteiger partial charge in [-0.2, -0.15) is 0 Å². The molecule has 2 aliphatic heterocycles. The molecule has 19 heavy (non-hydrogen) atoms. The van der Waals surface area contributed by atoms with Gasteiger partial charge in [-0.05, 0) is 42.4 Å². The quantitative estimate of drug-likeness (QED) is 0.626. The summed E-state index contributed by atoms with van der Waals surface area (Å²) in [7, 11) is 0. The fourth-order valence-electron chi connectivity index (χ4n) is 5.04. The van der Waals surface area contributed by atoms with Gasteiger partial charge in [-0.15, -0.1) is 0 Å². The predicted molar refractivity (Wildman–Crippen MR) is 84.2 cm³/mol. The SMILES string of the molecule is CC(C)(C)CC(C)(C)C1CC[N+]2(CCCCC2)CC1. The van der Waals surface area contributed by atoms with E-state index in [2.05, 4.69) is 34.6 Å². The van der Waals surface area contributed by atoms with Crippen LogP contribution in [0.4, 0.5) is 0 Å². The Balaban J connectivity index is 1.91. The van der Waals surface area contributed by atoms with E-state index in [4.69, 9.17) is 0 Å². The molecule has 0 radical (unpaired) electrons. The summed E-state index contributed by atoms with van der Waals surface area (Å²) in [6.45, 7) is 18.1. The highest BCUT2D eigenvalue weighted by molar-refractivity contribution is 4.84. The van der Waals surface area contributed by atoms with E-state index in [1.807, 2.05) is 0 Å². The fourth-order valence-corrected chi connectivity index (χ4v) is 5.04. The second kappa shape index (κ2) is 5.39. The van der Waals surface area contributed by atoms with E-state index >= 15 is 0 Å². The molecule has 0 aromatic heterocycles. The number of rotatable bonds is 2. The Morgan fingerprint density at radius 1 is 0.789 bits per heavy atom. The first-order valence-electron chi connectivity index (χ1n) is 8.58. The third-order valence-corrected chi connectivity index (χ3v) is 5.76. The lowest BCUT2D eigenvalue weighted by atomic mass is 9.66. The smallest absolute Gasteiger partial charge is 0.0789 e. The molecule has 1 spiro atoms. The van der Waals surface area contributed by atoms with E-state index in [1.165, 1.54) is 69.2 Å². The van der Waals surface area contributed by atoms with Crippen LogP contribution in [0, 0.1) is 16.7 Å². The van der Waals surface area contributed by atoms with Crippen LogP contribution in [0.15, 0.2) is 0 Å². The monoisotopic (exact) mass is 266 g/mol. The lowest BCUT2D eigenvalue weighted by Crippen LogP contribution is -2.56. The Kier molecular flexibility index (Phi) is 4.35. The first kappa shape index (κ1) is 15.4. The van der Waals surface area contributed by atoms with Crippen LogP contribution in [-0.4, -0.2) is 30.7 Å². The molecule has 112 valence electrons. The zero-order valence-corrected chi connectivity index (χ0v) is 14.1. The van der Waals surface area contributed by atoms with Crippen LogP contribution >= 0.6 is 0 Å². The van der Waals surface area contributed by atoms with Gasteiger partial charge in [-0.1, -0.05) is 34.6 Å². The molecule has 2 saturated heterocycles. The van der Waals surface area contributed by atoms with Crippen molar-refractivity contribution in [2.45, 2.75) is 73.1 Å². The molecule has 0 saturated carbocycles. The second-order valence-corrected chi connectivity index (χ2v) is 9.30. The highest BCUT2D eigenvalue weighted by Gasteiger charge is 2.41. The van der Waals surface area contributed by atoms with Gasteiger partial charge in [0, 0.05) is 12.8 Å². The minimum atomic E-state index is 0.471. The third-order valence-electron chi connectivity index (χ3n) is 5.76. The number of nitrogens with zero attached hydrogens (tertiary/aromatic N) is 1. The zero-order valence-electron chi connectivity index (χ0n) is 14.1. The van der Waals surface area contributed by atoms with Gasteiger partial charge in [0.15, 0.2) is 0 Å². The summed E-state index contributed by atoms with van der Waals surface area (Å²) < 4.78 is 1.47. The molecular weight excluding hydrogens is 230 g/mol. The topological polar surface area (TPSA) is 0 Å². The Morgan fingerprint density at radius 3 is 1.79 bits per heavy atom. The van der Waals surface area contributed by atoms with Crippen molar-refractivity contribution in [2.24, 2.45) is 16.7 Å². The summed E-state index contributed by atoms with van der Waals surface area (Å²) >= 11 is 0. The lowest BCUT2D eigenvalue weighted by Gasteiger charge is -2.50. The lowest BCUT2D eigenvalue weighted by molar-refractivity contribution is -0.938. The van der Waals surface area contributed by atoms with Gasteiger partial charge in [0.1, 0.15) is 0 Å². The molecule has 1 heteroatoms. The average Bonchev–Trinajstić information content (AvgIpc) is 2.27. The maximum Gasteiger partial charge on any atom is 0.0789 e. The molecular formula is C18H36N+. The highest BCUT2D eigenvalue weighted by atomic mass is 15.4. The van der Waals surface area contributed by atoms with E-state index < -0.39 is 0 Å². The van der Waals surface area contributed by atoms with Crippen molar-refractivity contribution in [3.8, 4) is 0 Å². The summed E-state index contributed by atoms with van der Waals surface area (Å²) in [5.41, 5.74) is 0.997. The van der Waals surface area contributed by atoms with Gasteiger partial charge in [-0.25, -0.2) is 0 Å². The molecule has 1 nitrogen and oxygen atoms in total. The van der Waals surface area contributed by atoms with Crippen LogP contribution in [0.1, 0.15) is 73.1 Å². The van der Waals surface area contributed by atoms with E-state index in [-0.39, 0.29) is 0 Å². The molecule has 0 atom stereocenters. The van der Waals surface area contributed by atoms with Crippen molar-refractivity contribution in [3.63, 3.8) is 0 Å². The van der Waals surface area contributed by atoms with E-state index in [0.29, 0.717) is 10.8 Å². The number of piperidine rings is 2. The second-order valence-electron chi connectivity index (χ2n) is 9.30. The molecule has 2 heterocycles. The molecule has 2 rings (SSSR count). The molecule has 2 fully saturated rings. The van der Waals surface area contributed by atoms with Crippen molar-refractivity contribution >= 4 is 0 Å². The van der Waals surface area contributed by atoms with Gasteiger partial charge in [0.05, 0.1) is 26.2 Å². The van der Waals surface area contributed by atoms with Crippen molar-refractivity contribution < 1.29 is 4.48 Å². The summed E-state index contributed by atoms with van der Waals surface area (Å²) in [5, 5.41) is 0. The standard InChI is InChI=1S/C18H36N/c1-17(2,3)15-18(4,5)16-9-13-19(14-10-16)11-7-6-8-12-19/h16H,6-15H2,1-5H3/q+1. The normalized spacial score (nSPS) is 25.7. The predicted octanol–water partition coefficient (Wildman–Crippen LogP) is 4.86. The molecule has 0 aromatic rings. The summed E-state index contributed by atoms with van der Waals surface area (Å²) in [4.78, 5) is 0. The molecule has 0 aromatic carbocycles. The van der Waals surface area contributed by atoms with Crippen LogP contribution in [-0.2, 0) is 0 Å². The first-order valence-corrected chi connectivity index (χ1v) is 8.58. The molecule has 0 aliphatic carbocycles. The maximum absolute atomic E-state index is 2.52. The molecule has 0 N–H and O–H groups in total. The van der Waals surface area contributed by atoms with Gasteiger partial charge >= 0.3 is 0 Å². The minimum Gasteiger partial charge on any atom is -0.324 e. The van der Waals surface area contributed by atoms with Crippen LogP contribution in [0.3, 0.4) is 0 Å². The van der Waals surface area contributed by atoms with Crippen LogP contribution in [0.5, 0.6) is 0 Å². The van der Waals surface area contributed by atoms with Crippen molar-refractivity contribution in [2.75, 3.05) is 26.2 Å². The van der Waals surface area contributed by atoms with E-state index in [1.54, 1.807) is 0 Å². The van der Waals surface area contributed by atoms with E-state index in [0.717, 1.165) is 5.92 Å². The number of hydrogen-bond donors (Lipinski definition) is 0. The molecule has 0 bridgehead atoms. The first-order chi connectivity index (χ1) is 8.73. The Morgan fingerprint density at radius 2 is 1.32 bits per heavy atom. The fraction of sp³-hybridized carbons (Fsp3) is 1.00. The summed E-state index contributed by atoms with van der Waals surface area (Å²) in [6, 6.07) is 0. The van der Waals surface area contributed by atoms with Crippen LogP contribution in [0.25, 0.3) is 0 Å². The number of quaternary nitrogens is 1. The van der Waals surface area contributed by atoms with E-state index in [9.17, 15) is 0 Å². The zero-order chi connectivity index (χ0) is 14.1. The Hall–Kier alpha value is -0.0400. The van der Waals surface area contributed by atoms with Crippen molar-refractivity contribution in [3.05, 3.63) is 0 Å². The van der Waals surface area contributed by atoms with Gasteiger partial charge < -0.3 is 4.48 Å². The Labute approximate surface area is 121 Å². The average molecular weight is 266 g/mol. The highest BCUT2D eigenvalue weighted by Crippen LogP contribution is 2.44. The molecule has 0 amide bonds. The molecule has 0 unspecified atom stereocenters. The van der Waals surface area contributed by atoms with Crippen LogP contribution in [0.2, 0.25) is 0 Å². The molecule has 2 aliphatic rings. The van der Waals surface area contributed by atoms with Crippen molar-refractivity contribution in [1.82, 2.24) is 0 Å². The van der Waals surface area contributed by atoms with Gasteiger partial charge in [0.2, 0.25) is 0 Å². The maximum atomic E-state index is 2.52. The largest absolute Gasteiger partial charge is 0.324 e. The third kappa shape index (κ3) is 3.97. The number of hydrogen-bond acceptors (Lipinski definition) is 0. The van der Waals surface area contributed by atoms with Crippen molar-refractivity contribution in [1.29, 1.82) is 0 Å².